The van der Waals surface area contributed by atoms with Gasteiger partial charge < -0.3 is 15.4 Å². The summed E-state index contributed by atoms with van der Waals surface area (Å²) >= 11 is 0. The van der Waals surface area contributed by atoms with Crippen LogP contribution in [0, 0.1) is 5.92 Å². The number of nitrogens with zero attached hydrogens (tertiary/aromatic N) is 1. The summed E-state index contributed by atoms with van der Waals surface area (Å²) in [6.45, 7) is 3.85. The Morgan fingerprint density at radius 1 is 1.43 bits per heavy atom. The first-order valence-corrected chi connectivity index (χ1v) is 6.90. The van der Waals surface area contributed by atoms with Gasteiger partial charge in [-0.3, -0.25) is 4.79 Å². The summed E-state index contributed by atoms with van der Waals surface area (Å²) < 4.78 is 0. The van der Waals surface area contributed by atoms with E-state index < -0.39 is 12.0 Å². The predicted octanol–water partition coefficient (Wildman–Crippen LogP) is 1.72. The van der Waals surface area contributed by atoms with Gasteiger partial charge in [0.25, 0.3) is 0 Å². The Morgan fingerprint density at radius 3 is 2.86 bits per heavy atom. The minimum absolute atomic E-state index is 0.133. The number of pyridine rings is 1. The van der Waals surface area contributed by atoms with Crippen molar-refractivity contribution >= 4 is 22.9 Å². The van der Waals surface area contributed by atoms with Gasteiger partial charge in [-0.2, -0.15) is 0 Å². The summed E-state index contributed by atoms with van der Waals surface area (Å²) in [7, 11) is 0. The maximum atomic E-state index is 12.0. The lowest BCUT2D eigenvalue weighted by atomic mass is 10.0. The maximum Gasteiger partial charge on any atom is 0.326 e. The number of amides is 1. The van der Waals surface area contributed by atoms with E-state index in [0.29, 0.717) is 6.42 Å². The number of nitrogens with one attached hydrogen (secondary N) is 2. The number of aromatic amines is 1. The number of carbonyl (C=O) groups is 2. The van der Waals surface area contributed by atoms with E-state index in [1.54, 1.807) is 18.5 Å². The third-order valence-electron chi connectivity index (χ3n) is 3.23. The third-order valence-corrected chi connectivity index (χ3v) is 3.23. The Bertz CT molecular complexity index is 648. The van der Waals surface area contributed by atoms with Crippen molar-refractivity contribution in [1.82, 2.24) is 15.3 Å². The zero-order valence-electron chi connectivity index (χ0n) is 12.1. The lowest BCUT2D eigenvalue weighted by Gasteiger charge is -2.16. The summed E-state index contributed by atoms with van der Waals surface area (Å²) in [6.07, 6.45) is 3.95. The molecule has 0 saturated carbocycles. The number of aromatic nitrogens is 2. The van der Waals surface area contributed by atoms with E-state index in [0.717, 1.165) is 16.6 Å². The monoisotopic (exact) mass is 289 g/mol. The normalized spacial score (nSPS) is 12.5. The standard InChI is InChI=1S/C15H19N3O3/c1-9(2)6-12(15(20)21)18-13(19)7-10-8-17-14-11(10)4-3-5-16-14/h3-5,8-9,12H,6-7H2,1-2H3,(H,16,17)(H,18,19)(H,20,21)/t12-/m1/s1. The smallest absolute Gasteiger partial charge is 0.326 e. The van der Waals surface area contributed by atoms with Crippen molar-refractivity contribution in [2.45, 2.75) is 32.7 Å². The molecular formula is C15H19N3O3. The van der Waals surface area contributed by atoms with Gasteiger partial charge in [0, 0.05) is 17.8 Å². The first-order valence-electron chi connectivity index (χ1n) is 6.90. The molecule has 6 nitrogen and oxygen atoms in total. The summed E-state index contributed by atoms with van der Waals surface area (Å²) in [6, 6.07) is 2.83. The van der Waals surface area contributed by atoms with Crippen molar-refractivity contribution in [3.05, 3.63) is 30.1 Å². The van der Waals surface area contributed by atoms with Gasteiger partial charge >= 0.3 is 5.97 Å². The molecule has 0 aliphatic rings. The van der Waals surface area contributed by atoms with Gasteiger partial charge in [-0.1, -0.05) is 13.8 Å². The summed E-state index contributed by atoms with van der Waals surface area (Å²) in [4.78, 5) is 30.3. The number of rotatable bonds is 6. The lowest BCUT2D eigenvalue weighted by molar-refractivity contribution is -0.142. The van der Waals surface area contributed by atoms with Gasteiger partial charge in [0.2, 0.25) is 5.91 Å². The molecule has 2 aromatic heterocycles. The molecule has 21 heavy (non-hydrogen) atoms. The number of carboxylic acids is 1. The Labute approximate surface area is 122 Å². The van der Waals surface area contributed by atoms with Crippen LogP contribution in [-0.2, 0) is 16.0 Å². The van der Waals surface area contributed by atoms with E-state index in [4.69, 9.17) is 5.11 Å². The molecule has 1 atom stereocenters. The Kier molecular flexibility index (Phi) is 4.57. The molecule has 112 valence electrons. The van der Waals surface area contributed by atoms with E-state index in [1.807, 2.05) is 19.9 Å². The number of hydrogen-bond donors (Lipinski definition) is 3. The van der Waals surface area contributed by atoms with Crippen molar-refractivity contribution in [3.63, 3.8) is 0 Å². The van der Waals surface area contributed by atoms with Gasteiger partial charge in [-0.25, -0.2) is 9.78 Å². The zero-order valence-corrected chi connectivity index (χ0v) is 12.1. The highest BCUT2D eigenvalue weighted by Gasteiger charge is 2.21. The molecule has 1 amide bonds. The third kappa shape index (κ3) is 3.81. The number of hydrogen-bond acceptors (Lipinski definition) is 3. The fourth-order valence-corrected chi connectivity index (χ4v) is 2.27. The van der Waals surface area contributed by atoms with Crippen LogP contribution in [0.4, 0.5) is 0 Å². The number of H-pyrrole nitrogens is 1. The Morgan fingerprint density at radius 2 is 2.19 bits per heavy atom. The van der Waals surface area contributed by atoms with E-state index in [-0.39, 0.29) is 18.2 Å². The number of carbonyl (C=O) groups excluding carboxylic acids is 1. The van der Waals surface area contributed by atoms with E-state index in [1.165, 1.54) is 0 Å². The Hall–Kier alpha value is -2.37. The van der Waals surface area contributed by atoms with Crippen molar-refractivity contribution in [2.75, 3.05) is 0 Å². The SMILES string of the molecule is CC(C)C[C@@H](NC(=O)Cc1c[nH]c2ncccc12)C(=O)O. The van der Waals surface area contributed by atoms with Crippen molar-refractivity contribution in [3.8, 4) is 0 Å². The van der Waals surface area contributed by atoms with Crippen molar-refractivity contribution < 1.29 is 14.7 Å². The fourth-order valence-electron chi connectivity index (χ4n) is 2.27. The lowest BCUT2D eigenvalue weighted by Crippen LogP contribution is -2.42. The largest absolute Gasteiger partial charge is 0.480 e. The van der Waals surface area contributed by atoms with Crippen LogP contribution in [0.15, 0.2) is 24.5 Å². The quantitative estimate of drug-likeness (QED) is 0.754. The van der Waals surface area contributed by atoms with Crippen LogP contribution in [0.2, 0.25) is 0 Å². The molecule has 2 rings (SSSR count). The second kappa shape index (κ2) is 6.39. The van der Waals surface area contributed by atoms with Gasteiger partial charge in [0.15, 0.2) is 0 Å². The van der Waals surface area contributed by atoms with Crippen molar-refractivity contribution in [2.24, 2.45) is 5.92 Å². The van der Waals surface area contributed by atoms with Gasteiger partial charge in [-0.15, -0.1) is 0 Å². The van der Waals surface area contributed by atoms with Crippen LogP contribution in [0.5, 0.6) is 0 Å². The molecular weight excluding hydrogens is 270 g/mol. The van der Waals surface area contributed by atoms with Gasteiger partial charge in [0.1, 0.15) is 11.7 Å². The predicted molar refractivity (Wildman–Crippen MR) is 78.8 cm³/mol. The van der Waals surface area contributed by atoms with Crippen LogP contribution in [0.3, 0.4) is 0 Å². The average Bonchev–Trinajstić information content (AvgIpc) is 2.81. The van der Waals surface area contributed by atoms with Gasteiger partial charge in [0.05, 0.1) is 6.42 Å². The van der Waals surface area contributed by atoms with Crippen LogP contribution in [-0.4, -0.2) is 33.0 Å². The van der Waals surface area contributed by atoms with Crippen LogP contribution >= 0.6 is 0 Å². The van der Waals surface area contributed by atoms with E-state index in [2.05, 4.69) is 15.3 Å². The average molecular weight is 289 g/mol. The number of fused-ring (bicyclic) bond motifs is 1. The molecule has 0 aromatic carbocycles. The minimum Gasteiger partial charge on any atom is -0.480 e. The number of carboxylic acid groups (broad SMARTS) is 1. The number of aliphatic carboxylic acids is 1. The van der Waals surface area contributed by atoms with Crippen LogP contribution < -0.4 is 5.32 Å². The second-order valence-corrected chi connectivity index (χ2v) is 5.48. The highest BCUT2D eigenvalue weighted by atomic mass is 16.4. The Balaban J connectivity index is 2.05. The molecule has 2 aromatic rings. The molecule has 0 aliphatic heterocycles. The first kappa shape index (κ1) is 15.0. The molecule has 3 N–H and O–H groups in total. The molecule has 0 saturated heterocycles. The molecule has 2 heterocycles. The molecule has 0 unspecified atom stereocenters. The van der Waals surface area contributed by atoms with E-state index in [9.17, 15) is 9.59 Å². The highest BCUT2D eigenvalue weighted by Crippen LogP contribution is 2.16. The van der Waals surface area contributed by atoms with Gasteiger partial charge in [-0.05, 0) is 30.0 Å². The maximum absolute atomic E-state index is 12.0. The molecule has 0 radical (unpaired) electrons. The van der Waals surface area contributed by atoms with Crippen LogP contribution in [0.1, 0.15) is 25.8 Å². The second-order valence-electron chi connectivity index (χ2n) is 5.48. The highest BCUT2D eigenvalue weighted by molar-refractivity contribution is 5.89. The van der Waals surface area contributed by atoms with Crippen LogP contribution in [0.25, 0.3) is 11.0 Å². The fraction of sp³-hybridized carbons (Fsp3) is 0.400. The van der Waals surface area contributed by atoms with Crippen molar-refractivity contribution in [1.29, 1.82) is 0 Å². The zero-order chi connectivity index (χ0) is 15.4. The van der Waals surface area contributed by atoms with E-state index >= 15 is 0 Å². The summed E-state index contributed by atoms with van der Waals surface area (Å²) in [5, 5.41) is 12.6. The first-order chi connectivity index (χ1) is 9.97. The molecule has 6 heteroatoms. The molecule has 0 bridgehead atoms. The molecule has 0 fully saturated rings. The molecule has 0 aliphatic carbocycles. The molecule has 0 spiro atoms. The summed E-state index contributed by atoms with van der Waals surface area (Å²) in [5.41, 5.74) is 1.53. The topological polar surface area (TPSA) is 95.1 Å². The minimum atomic E-state index is -1.00. The summed E-state index contributed by atoms with van der Waals surface area (Å²) in [5.74, 6) is -1.10.